The number of benzene rings is 1. The molecule has 1 atom stereocenters. The highest BCUT2D eigenvalue weighted by Gasteiger charge is 2.26. The van der Waals surface area contributed by atoms with E-state index in [4.69, 9.17) is 4.52 Å². The summed E-state index contributed by atoms with van der Waals surface area (Å²) in [7, 11) is 1.68. The van der Waals surface area contributed by atoms with Crippen molar-refractivity contribution in [2.24, 2.45) is 4.99 Å². The number of halogens is 3. The number of aliphatic imine (C=N–C) groups is 1. The van der Waals surface area contributed by atoms with Crippen LogP contribution in [-0.2, 0) is 6.54 Å². The minimum absolute atomic E-state index is 0. The smallest absolute Gasteiger partial charge is 0.387 e. The maximum absolute atomic E-state index is 12.6. The van der Waals surface area contributed by atoms with Crippen molar-refractivity contribution in [1.82, 2.24) is 20.8 Å². The van der Waals surface area contributed by atoms with Gasteiger partial charge in [-0.2, -0.15) is 13.8 Å². The topological polar surface area (TPSA) is 87.8 Å². The van der Waals surface area contributed by atoms with Crippen LogP contribution in [-0.4, -0.2) is 48.9 Å². The van der Waals surface area contributed by atoms with Crippen molar-refractivity contribution in [3.8, 4) is 5.75 Å². The van der Waals surface area contributed by atoms with E-state index in [0.29, 0.717) is 36.5 Å². The van der Waals surface area contributed by atoms with E-state index in [9.17, 15) is 8.78 Å². The van der Waals surface area contributed by atoms with Gasteiger partial charge in [0.1, 0.15) is 5.75 Å². The lowest BCUT2D eigenvalue weighted by molar-refractivity contribution is -0.0495. The van der Waals surface area contributed by atoms with Crippen molar-refractivity contribution < 1.29 is 18.0 Å². The molecule has 28 heavy (non-hydrogen) atoms. The Bertz CT molecular complexity index is 789. The van der Waals surface area contributed by atoms with Gasteiger partial charge in [-0.1, -0.05) is 17.3 Å². The first-order valence-corrected chi connectivity index (χ1v) is 8.60. The number of alkyl halides is 2. The van der Waals surface area contributed by atoms with E-state index < -0.39 is 6.61 Å². The molecule has 1 aromatic heterocycles. The summed E-state index contributed by atoms with van der Waals surface area (Å²) in [6, 6.07) is 6.93. The molecule has 154 valence electrons. The highest BCUT2D eigenvalue weighted by atomic mass is 127. The van der Waals surface area contributed by atoms with E-state index in [2.05, 4.69) is 30.5 Å². The van der Waals surface area contributed by atoms with Crippen LogP contribution >= 0.6 is 24.0 Å². The van der Waals surface area contributed by atoms with Gasteiger partial charge in [-0.05, 0) is 18.6 Å². The van der Waals surface area contributed by atoms with Gasteiger partial charge in [0.15, 0.2) is 11.8 Å². The molecule has 1 aliphatic heterocycles. The summed E-state index contributed by atoms with van der Waals surface area (Å²) in [6.07, 6.45) is 0.838. The Morgan fingerprint density at radius 1 is 1.43 bits per heavy atom. The number of anilines is 1. The van der Waals surface area contributed by atoms with Gasteiger partial charge in [0.05, 0.1) is 12.2 Å². The van der Waals surface area contributed by atoms with Gasteiger partial charge < -0.3 is 24.8 Å². The Morgan fingerprint density at radius 3 is 2.89 bits per heavy atom. The maximum atomic E-state index is 12.6. The zero-order valence-corrected chi connectivity index (χ0v) is 17.9. The van der Waals surface area contributed by atoms with Gasteiger partial charge in [0.2, 0.25) is 5.89 Å². The molecule has 2 N–H and O–H groups in total. The van der Waals surface area contributed by atoms with E-state index in [1.165, 1.54) is 0 Å². The zero-order valence-electron chi connectivity index (χ0n) is 15.6. The first-order chi connectivity index (χ1) is 13.0. The lowest BCUT2D eigenvalue weighted by Gasteiger charge is -2.22. The molecule has 2 heterocycles. The van der Waals surface area contributed by atoms with Crippen molar-refractivity contribution in [3.63, 3.8) is 0 Å². The van der Waals surface area contributed by atoms with Gasteiger partial charge in [0, 0.05) is 33.1 Å². The Labute approximate surface area is 178 Å². The number of aryl methyl sites for hydroxylation is 1. The van der Waals surface area contributed by atoms with Crippen molar-refractivity contribution in [3.05, 3.63) is 36.0 Å². The molecule has 0 saturated carbocycles. The van der Waals surface area contributed by atoms with E-state index in [1.54, 1.807) is 32.2 Å². The van der Waals surface area contributed by atoms with Gasteiger partial charge in [0.25, 0.3) is 0 Å². The number of nitrogens with zero attached hydrogens (tertiary/aromatic N) is 4. The number of ether oxygens (including phenoxy) is 1. The van der Waals surface area contributed by atoms with Gasteiger partial charge in [-0.25, -0.2) is 0 Å². The molecule has 2 aromatic rings. The van der Waals surface area contributed by atoms with Gasteiger partial charge in [-0.15, -0.1) is 24.0 Å². The lowest BCUT2D eigenvalue weighted by Crippen LogP contribution is -2.44. The second kappa shape index (κ2) is 10.4. The lowest BCUT2D eigenvalue weighted by atomic mass is 10.2. The highest BCUT2D eigenvalue weighted by Crippen LogP contribution is 2.31. The number of rotatable bonds is 6. The summed E-state index contributed by atoms with van der Waals surface area (Å²) in [6.45, 7) is 0.637. The summed E-state index contributed by atoms with van der Waals surface area (Å²) in [5.41, 5.74) is 0.660. The molecule has 0 amide bonds. The molecule has 0 bridgehead atoms. The number of para-hydroxylation sites is 2. The largest absolute Gasteiger partial charge is 0.433 e. The minimum atomic E-state index is -2.85. The third kappa shape index (κ3) is 5.91. The van der Waals surface area contributed by atoms with Crippen LogP contribution in [0.4, 0.5) is 14.5 Å². The number of hydrogen-bond acceptors (Lipinski definition) is 6. The van der Waals surface area contributed by atoms with Crippen LogP contribution in [0.3, 0.4) is 0 Å². The molecule has 1 unspecified atom stereocenters. The molecular formula is C17H23F2IN6O2. The molecule has 1 fully saturated rings. The molecule has 0 radical (unpaired) electrons. The summed E-state index contributed by atoms with van der Waals surface area (Å²) in [4.78, 5) is 10.3. The van der Waals surface area contributed by atoms with Crippen LogP contribution in [0.2, 0.25) is 0 Å². The molecule has 0 aliphatic carbocycles. The van der Waals surface area contributed by atoms with E-state index >= 15 is 0 Å². The van der Waals surface area contributed by atoms with Crippen LogP contribution in [0.1, 0.15) is 18.1 Å². The fraction of sp³-hybridized carbons (Fsp3) is 0.471. The van der Waals surface area contributed by atoms with Crippen LogP contribution in [0.25, 0.3) is 0 Å². The van der Waals surface area contributed by atoms with Crippen molar-refractivity contribution in [2.75, 3.05) is 25.0 Å². The molecule has 1 aromatic carbocycles. The van der Waals surface area contributed by atoms with Gasteiger partial charge >= 0.3 is 6.61 Å². The molecule has 0 spiro atoms. The molecule has 11 heteroatoms. The maximum Gasteiger partial charge on any atom is 0.387 e. The van der Waals surface area contributed by atoms with E-state index in [0.717, 1.165) is 13.0 Å². The Morgan fingerprint density at radius 2 is 2.21 bits per heavy atom. The summed E-state index contributed by atoms with van der Waals surface area (Å²) in [5.74, 6) is 1.84. The van der Waals surface area contributed by atoms with Crippen LogP contribution < -0.4 is 20.3 Å². The Balaban J connectivity index is 0.00000280. The predicted octanol–water partition coefficient (Wildman–Crippen LogP) is 2.54. The average Bonchev–Trinajstić information content (AvgIpc) is 3.27. The van der Waals surface area contributed by atoms with E-state index in [-0.39, 0.29) is 35.8 Å². The summed E-state index contributed by atoms with van der Waals surface area (Å²) in [5, 5.41) is 10.3. The highest BCUT2D eigenvalue weighted by molar-refractivity contribution is 14.0. The average molecular weight is 508 g/mol. The molecular weight excluding hydrogens is 485 g/mol. The van der Waals surface area contributed by atoms with Crippen molar-refractivity contribution in [1.29, 1.82) is 0 Å². The van der Waals surface area contributed by atoms with Crippen molar-refractivity contribution >= 4 is 35.6 Å². The van der Waals surface area contributed by atoms with Gasteiger partial charge in [-0.3, -0.25) is 4.99 Å². The SMILES string of the molecule is CN=C(NCc1noc(C)n1)NC1CCN(c2ccccc2OC(F)F)C1.I. The number of aromatic nitrogens is 2. The first-order valence-electron chi connectivity index (χ1n) is 8.60. The summed E-state index contributed by atoms with van der Waals surface area (Å²) >= 11 is 0. The monoisotopic (exact) mass is 508 g/mol. The second-order valence-corrected chi connectivity index (χ2v) is 6.08. The zero-order chi connectivity index (χ0) is 19.2. The molecule has 1 saturated heterocycles. The molecule has 1 aliphatic rings. The molecule has 3 rings (SSSR count). The normalized spacial score (nSPS) is 16.8. The Hall–Kier alpha value is -2.18. The van der Waals surface area contributed by atoms with Crippen LogP contribution in [0.5, 0.6) is 5.75 Å². The quantitative estimate of drug-likeness (QED) is 0.353. The van der Waals surface area contributed by atoms with E-state index in [1.807, 2.05) is 11.0 Å². The van der Waals surface area contributed by atoms with Crippen LogP contribution in [0, 0.1) is 6.92 Å². The summed E-state index contributed by atoms with van der Waals surface area (Å²) < 4.78 is 34.8. The predicted molar refractivity (Wildman–Crippen MR) is 111 cm³/mol. The minimum Gasteiger partial charge on any atom is -0.433 e. The van der Waals surface area contributed by atoms with Crippen LogP contribution in [0.15, 0.2) is 33.8 Å². The van der Waals surface area contributed by atoms with Crippen molar-refractivity contribution in [2.45, 2.75) is 32.5 Å². The fourth-order valence-electron chi connectivity index (χ4n) is 2.97. The number of guanidine groups is 1. The number of nitrogens with one attached hydrogen (secondary N) is 2. The first kappa shape index (κ1) is 22.1. The number of hydrogen-bond donors (Lipinski definition) is 2. The fourth-order valence-corrected chi connectivity index (χ4v) is 2.97. The Kier molecular flexibility index (Phi) is 8.20. The molecule has 8 nitrogen and oxygen atoms in total. The second-order valence-electron chi connectivity index (χ2n) is 6.08. The third-order valence-corrected chi connectivity index (χ3v) is 4.16. The third-order valence-electron chi connectivity index (χ3n) is 4.16. The standard InChI is InChI=1S/C17H22F2N6O2.HI/c1-11-22-15(24-27-11)9-21-17(20-2)23-12-7-8-25(10-12)13-5-3-4-6-14(13)26-16(18)19;/h3-6,12,16H,7-10H2,1-2H3,(H2,20,21,23);1H.